The summed E-state index contributed by atoms with van der Waals surface area (Å²) in [5.41, 5.74) is 0. The van der Waals surface area contributed by atoms with Gasteiger partial charge in [-0.3, -0.25) is 0 Å². The number of hydrogen-bond donors (Lipinski definition) is 0. The minimum absolute atomic E-state index is 0.412. The summed E-state index contributed by atoms with van der Waals surface area (Å²) in [6.45, 7) is 9.85. The number of ether oxygens (including phenoxy) is 1. The van der Waals surface area contributed by atoms with Gasteiger partial charge < -0.3 is 9.64 Å². The molecule has 2 heteroatoms. The van der Waals surface area contributed by atoms with E-state index in [2.05, 4.69) is 25.7 Å². The molecule has 1 atom stereocenters. The Morgan fingerprint density at radius 1 is 1.18 bits per heavy atom. The number of nitrogens with zero attached hydrogens (tertiary/aromatic N) is 1. The first kappa shape index (κ1) is 10.9. The predicted molar refractivity (Wildman–Crippen MR) is 48.9 cm³/mol. The second kappa shape index (κ2) is 6.62. The van der Waals surface area contributed by atoms with E-state index < -0.39 is 0 Å². The topological polar surface area (TPSA) is 12.5 Å². The molecule has 68 valence electrons. The van der Waals surface area contributed by atoms with E-state index in [1.54, 1.807) is 7.11 Å². The van der Waals surface area contributed by atoms with Gasteiger partial charge in [0.05, 0.1) is 6.10 Å². The first-order valence-electron chi connectivity index (χ1n) is 4.53. The van der Waals surface area contributed by atoms with E-state index in [1.165, 1.54) is 0 Å². The van der Waals surface area contributed by atoms with Gasteiger partial charge >= 0.3 is 0 Å². The third-order valence-corrected chi connectivity index (χ3v) is 2.14. The van der Waals surface area contributed by atoms with E-state index in [1.807, 2.05) is 0 Å². The third kappa shape index (κ3) is 4.38. The first-order chi connectivity index (χ1) is 5.28. The van der Waals surface area contributed by atoms with Crippen LogP contribution in [0.4, 0.5) is 0 Å². The molecule has 0 rings (SSSR count). The molecule has 0 amide bonds. The lowest BCUT2D eigenvalue weighted by atomic mass is 10.2. The molecule has 0 fully saturated rings. The Balaban J connectivity index is 3.58. The van der Waals surface area contributed by atoms with E-state index in [-0.39, 0.29) is 0 Å². The zero-order valence-electron chi connectivity index (χ0n) is 8.26. The van der Waals surface area contributed by atoms with Crippen molar-refractivity contribution >= 4 is 0 Å². The van der Waals surface area contributed by atoms with Crippen molar-refractivity contribution < 1.29 is 4.74 Å². The van der Waals surface area contributed by atoms with E-state index in [0.29, 0.717) is 6.10 Å². The van der Waals surface area contributed by atoms with Crippen molar-refractivity contribution in [1.29, 1.82) is 0 Å². The minimum atomic E-state index is 0.412. The van der Waals surface area contributed by atoms with Crippen molar-refractivity contribution in [2.75, 3.05) is 26.7 Å². The van der Waals surface area contributed by atoms with E-state index in [4.69, 9.17) is 4.74 Å². The summed E-state index contributed by atoms with van der Waals surface area (Å²) < 4.78 is 5.29. The van der Waals surface area contributed by atoms with Crippen molar-refractivity contribution in [3.63, 3.8) is 0 Å². The van der Waals surface area contributed by atoms with Crippen LogP contribution in [0.3, 0.4) is 0 Å². The van der Waals surface area contributed by atoms with Gasteiger partial charge in [0, 0.05) is 13.7 Å². The lowest BCUT2D eigenvalue weighted by molar-refractivity contribution is 0.0646. The predicted octanol–water partition coefficient (Wildman–Crippen LogP) is 1.75. The molecule has 0 aliphatic heterocycles. The molecular weight excluding hydrogens is 138 g/mol. The van der Waals surface area contributed by atoms with Crippen molar-refractivity contribution in [3.05, 3.63) is 0 Å². The molecule has 0 aromatic heterocycles. The molecule has 0 aromatic rings. The summed E-state index contributed by atoms with van der Waals surface area (Å²) in [5.74, 6) is 0. The zero-order valence-corrected chi connectivity index (χ0v) is 8.26. The van der Waals surface area contributed by atoms with Crippen LogP contribution in [0.1, 0.15) is 27.2 Å². The van der Waals surface area contributed by atoms with Gasteiger partial charge in [-0.2, -0.15) is 0 Å². The quantitative estimate of drug-likeness (QED) is 0.585. The van der Waals surface area contributed by atoms with Gasteiger partial charge in [-0.15, -0.1) is 0 Å². The molecule has 1 unspecified atom stereocenters. The Hall–Kier alpha value is -0.0800. The van der Waals surface area contributed by atoms with Crippen LogP contribution in [0.25, 0.3) is 0 Å². The summed E-state index contributed by atoms with van der Waals surface area (Å²) in [4.78, 5) is 2.39. The van der Waals surface area contributed by atoms with Crippen LogP contribution in [0.5, 0.6) is 0 Å². The number of rotatable bonds is 6. The Morgan fingerprint density at radius 3 is 2.00 bits per heavy atom. The Morgan fingerprint density at radius 2 is 1.73 bits per heavy atom. The van der Waals surface area contributed by atoms with Gasteiger partial charge in [0.15, 0.2) is 0 Å². The third-order valence-electron chi connectivity index (χ3n) is 2.14. The molecule has 2 nitrogen and oxygen atoms in total. The fourth-order valence-electron chi connectivity index (χ4n) is 1.14. The molecule has 0 aliphatic carbocycles. The molecule has 0 saturated heterocycles. The maximum absolute atomic E-state index is 5.29. The molecule has 0 heterocycles. The van der Waals surface area contributed by atoms with Gasteiger partial charge in [0.25, 0.3) is 0 Å². The molecule has 0 saturated carbocycles. The summed E-state index contributed by atoms with van der Waals surface area (Å²) in [5, 5.41) is 0. The lowest BCUT2D eigenvalue weighted by Gasteiger charge is -2.23. The minimum Gasteiger partial charge on any atom is -0.380 e. The fourth-order valence-corrected chi connectivity index (χ4v) is 1.14. The van der Waals surface area contributed by atoms with Gasteiger partial charge in [-0.25, -0.2) is 0 Å². The highest BCUT2D eigenvalue weighted by molar-refractivity contribution is 4.61. The molecule has 11 heavy (non-hydrogen) atoms. The highest BCUT2D eigenvalue weighted by atomic mass is 16.5. The molecule has 0 N–H and O–H groups in total. The molecular formula is C9H21NO. The number of hydrogen-bond acceptors (Lipinski definition) is 2. The standard InChI is InChI=1S/C9H21NO/c1-5-9(11-4)8-10(6-2)7-3/h9H,5-8H2,1-4H3. The SMILES string of the molecule is CCC(CN(CC)CC)OC. The van der Waals surface area contributed by atoms with Gasteiger partial charge in [0.2, 0.25) is 0 Å². The largest absolute Gasteiger partial charge is 0.380 e. The van der Waals surface area contributed by atoms with E-state index in [0.717, 1.165) is 26.1 Å². The first-order valence-corrected chi connectivity index (χ1v) is 4.53. The molecule has 0 bridgehead atoms. The Bertz CT molecular complexity index is 67.6. The fraction of sp³-hybridized carbons (Fsp3) is 1.00. The summed E-state index contributed by atoms with van der Waals surface area (Å²) in [6.07, 6.45) is 1.52. The van der Waals surface area contributed by atoms with Gasteiger partial charge in [-0.1, -0.05) is 20.8 Å². The Labute approximate surface area is 70.5 Å². The molecule has 0 radical (unpaired) electrons. The van der Waals surface area contributed by atoms with Crippen molar-refractivity contribution in [3.8, 4) is 0 Å². The van der Waals surface area contributed by atoms with Crippen molar-refractivity contribution in [2.45, 2.75) is 33.3 Å². The van der Waals surface area contributed by atoms with Crippen LogP contribution in [0.2, 0.25) is 0 Å². The maximum Gasteiger partial charge on any atom is 0.0695 e. The zero-order chi connectivity index (χ0) is 8.69. The lowest BCUT2D eigenvalue weighted by Crippen LogP contribution is -2.32. The van der Waals surface area contributed by atoms with E-state index >= 15 is 0 Å². The monoisotopic (exact) mass is 159 g/mol. The highest BCUT2D eigenvalue weighted by Crippen LogP contribution is 1.99. The Kier molecular flexibility index (Phi) is 6.57. The van der Waals surface area contributed by atoms with E-state index in [9.17, 15) is 0 Å². The summed E-state index contributed by atoms with van der Waals surface area (Å²) in [6, 6.07) is 0. The molecule has 0 aliphatic rings. The average Bonchev–Trinajstić information content (AvgIpc) is 2.07. The van der Waals surface area contributed by atoms with Crippen LogP contribution >= 0.6 is 0 Å². The van der Waals surface area contributed by atoms with Gasteiger partial charge in [-0.05, 0) is 19.5 Å². The molecule has 0 aromatic carbocycles. The normalized spacial score (nSPS) is 13.9. The number of likely N-dealkylation sites (N-methyl/N-ethyl adjacent to an activating group) is 1. The number of methoxy groups -OCH3 is 1. The van der Waals surface area contributed by atoms with Crippen molar-refractivity contribution in [2.24, 2.45) is 0 Å². The smallest absolute Gasteiger partial charge is 0.0695 e. The van der Waals surface area contributed by atoms with Crippen molar-refractivity contribution in [1.82, 2.24) is 4.90 Å². The average molecular weight is 159 g/mol. The van der Waals surface area contributed by atoms with Crippen LogP contribution in [0.15, 0.2) is 0 Å². The second-order valence-electron chi connectivity index (χ2n) is 2.75. The summed E-state index contributed by atoms with van der Waals surface area (Å²) >= 11 is 0. The van der Waals surface area contributed by atoms with Crippen LogP contribution in [-0.2, 0) is 4.74 Å². The van der Waals surface area contributed by atoms with Crippen LogP contribution in [0, 0.1) is 0 Å². The highest BCUT2D eigenvalue weighted by Gasteiger charge is 2.07. The van der Waals surface area contributed by atoms with Crippen LogP contribution < -0.4 is 0 Å². The van der Waals surface area contributed by atoms with Gasteiger partial charge in [0.1, 0.15) is 0 Å². The molecule has 0 spiro atoms. The van der Waals surface area contributed by atoms with Crippen LogP contribution in [-0.4, -0.2) is 37.7 Å². The second-order valence-corrected chi connectivity index (χ2v) is 2.75. The summed E-state index contributed by atoms with van der Waals surface area (Å²) in [7, 11) is 1.79. The maximum atomic E-state index is 5.29.